The summed E-state index contributed by atoms with van der Waals surface area (Å²) in [5.41, 5.74) is 2.75. The van der Waals surface area contributed by atoms with E-state index in [0.717, 1.165) is 10.5 Å². The number of hydrogen-bond donors (Lipinski definition) is 2. The molecule has 0 spiro atoms. The largest absolute Gasteiger partial charge is 0.497 e. The first-order valence-corrected chi connectivity index (χ1v) is 11.4. The van der Waals surface area contributed by atoms with E-state index in [4.69, 9.17) is 16.3 Å². The molecule has 0 radical (unpaired) electrons. The molecule has 0 aliphatic heterocycles. The molecule has 1 unspecified atom stereocenters. The van der Waals surface area contributed by atoms with Crippen LogP contribution in [-0.4, -0.2) is 24.2 Å². The second kappa shape index (κ2) is 11.1. The van der Waals surface area contributed by atoms with Crippen LogP contribution in [-0.2, 0) is 4.79 Å². The Hall–Kier alpha value is -2.96. The number of amides is 2. The molecule has 0 saturated heterocycles. The van der Waals surface area contributed by atoms with Crippen molar-refractivity contribution in [2.75, 3.05) is 17.7 Å². The molecule has 1 atom stereocenters. The van der Waals surface area contributed by atoms with Crippen LogP contribution in [0.25, 0.3) is 0 Å². The van der Waals surface area contributed by atoms with Gasteiger partial charge >= 0.3 is 0 Å². The van der Waals surface area contributed by atoms with E-state index in [0.29, 0.717) is 34.1 Å². The van der Waals surface area contributed by atoms with E-state index in [-0.39, 0.29) is 17.1 Å². The van der Waals surface area contributed by atoms with E-state index >= 15 is 0 Å². The van der Waals surface area contributed by atoms with Crippen molar-refractivity contribution in [1.82, 2.24) is 0 Å². The first-order valence-electron chi connectivity index (χ1n) is 10.2. The van der Waals surface area contributed by atoms with E-state index < -0.39 is 0 Å². The predicted octanol–water partition coefficient (Wildman–Crippen LogP) is 6.42. The summed E-state index contributed by atoms with van der Waals surface area (Å²) in [6, 6.07) is 19.8. The molecule has 3 aromatic rings. The molecule has 0 fully saturated rings. The van der Waals surface area contributed by atoms with Crippen molar-refractivity contribution in [3.63, 3.8) is 0 Å². The second-order valence-electron chi connectivity index (χ2n) is 7.13. The standard InChI is InChI=1S/C25H25ClN2O3S/c1-4-23(25(30)28-22-10-6-9-21(26)16(22)2)32-20-8-5-7-18(15-20)27-24(29)17-11-13-19(31-3)14-12-17/h5-15,23H,4H2,1-3H3,(H,27,29)(H,28,30). The summed E-state index contributed by atoms with van der Waals surface area (Å²) in [6.45, 7) is 3.85. The van der Waals surface area contributed by atoms with Gasteiger partial charge in [-0.05, 0) is 73.5 Å². The molecule has 3 aromatic carbocycles. The lowest BCUT2D eigenvalue weighted by atomic mass is 10.2. The van der Waals surface area contributed by atoms with Crippen LogP contribution in [0.5, 0.6) is 5.75 Å². The lowest BCUT2D eigenvalue weighted by Gasteiger charge is -2.17. The summed E-state index contributed by atoms with van der Waals surface area (Å²) in [5, 5.41) is 6.20. The number of benzene rings is 3. The summed E-state index contributed by atoms with van der Waals surface area (Å²) in [7, 11) is 1.58. The van der Waals surface area contributed by atoms with Crippen molar-refractivity contribution < 1.29 is 14.3 Å². The number of carbonyl (C=O) groups is 2. The maximum absolute atomic E-state index is 12.9. The zero-order chi connectivity index (χ0) is 23.1. The molecule has 0 heterocycles. The number of hydrogen-bond acceptors (Lipinski definition) is 4. The average molecular weight is 469 g/mol. The highest BCUT2D eigenvalue weighted by Crippen LogP contribution is 2.30. The van der Waals surface area contributed by atoms with Crippen LogP contribution in [0.15, 0.2) is 71.6 Å². The van der Waals surface area contributed by atoms with E-state index in [1.807, 2.05) is 50.2 Å². The van der Waals surface area contributed by atoms with Gasteiger partial charge in [-0.1, -0.05) is 30.7 Å². The molecule has 2 N–H and O–H groups in total. The number of carbonyl (C=O) groups excluding carboxylic acids is 2. The monoisotopic (exact) mass is 468 g/mol. The maximum Gasteiger partial charge on any atom is 0.255 e. The van der Waals surface area contributed by atoms with Crippen LogP contribution in [0.2, 0.25) is 5.02 Å². The summed E-state index contributed by atoms with van der Waals surface area (Å²) < 4.78 is 5.13. The molecular weight excluding hydrogens is 444 g/mol. The van der Waals surface area contributed by atoms with Gasteiger partial charge < -0.3 is 15.4 Å². The Kier molecular flexibility index (Phi) is 8.20. The van der Waals surface area contributed by atoms with Crippen LogP contribution < -0.4 is 15.4 Å². The van der Waals surface area contributed by atoms with Crippen molar-refractivity contribution in [3.05, 3.63) is 82.9 Å². The third-order valence-electron chi connectivity index (χ3n) is 4.91. The van der Waals surface area contributed by atoms with E-state index in [9.17, 15) is 9.59 Å². The zero-order valence-corrected chi connectivity index (χ0v) is 19.7. The third kappa shape index (κ3) is 6.05. The second-order valence-corrected chi connectivity index (χ2v) is 8.81. The molecule has 0 aliphatic rings. The molecule has 5 nitrogen and oxygen atoms in total. The first kappa shape index (κ1) is 23.7. The van der Waals surface area contributed by atoms with Gasteiger partial charge in [-0.15, -0.1) is 11.8 Å². The first-order chi connectivity index (χ1) is 15.4. The van der Waals surface area contributed by atoms with Crippen LogP contribution in [0, 0.1) is 6.92 Å². The number of methoxy groups -OCH3 is 1. The van der Waals surface area contributed by atoms with Gasteiger partial charge in [0.15, 0.2) is 0 Å². The summed E-state index contributed by atoms with van der Waals surface area (Å²) in [5.74, 6) is 0.392. The van der Waals surface area contributed by atoms with Gasteiger partial charge in [0.05, 0.1) is 12.4 Å². The minimum absolute atomic E-state index is 0.0875. The van der Waals surface area contributed by atoms with E-state index in [1.165, 1.54) is 11.8 Å². The molecule has 32 heavy (non-hydrogen) atoms. The highest BCUT2D eigenvalue weighted by atomic mass is 35.5. The number of halogens is 1. The number of anilines is 2. The molecule has 166 valence electrons. The fourth-order valence-corrected chi connectivity index (χ4v) is 4.22. The molecule has 0 saturated carbocycles. The molecule has 0 bridgehead atoms. The Morgan fingerprint density at radius 1 is 1.03 bits per heavy atom. The number of thioether (sulfide) groups is 1. The highest BCUT2D eigenvalue weighted by molar-refractivity contribution is 8.00. The molecule has 0 aromatic heterocycles. The fraction of sp³-hybridized carbons (Fsp3) is 0.200. The van der Waals surface area contributed by atoms with Crippen molar-refractivity contribution >= 4 is 46.6 Å². The number of nitrogens with one attached hydrogen (secondary N) is 2. The van der Waals surface area contributed by atoms with Gasteiger partial charge in [-0.3, -0.25) is 9.59 Å². The highest BCUT2D eigenvalue weighted by Gasteiger charge is 2.19. The summed E-state index contributed by atoms with van der Waals surface area (Å²) >= 11 is 7.62. The van der Waals surface area contributed by atoms with E-state index in [1.54, 1.807) is 37.4 Å². The minimum atomic E-state index is -0.291. The smallest absolute Gasteiger partial charge is 0.255 e. The van der Waals surface area contributed by atoms with Crippen LogP contribution in [0.1, 0.15) is 29.3 Å². The zero-order valence-electron chi connectivity index (χ0n) is 18.1. The van der Waals surface area contributed by atoms with Crippen molar-refractivity contribution in [2.45, 2.75) is 30.4 Å². The van der Waals surface area contributed by atoms with Gasteiger partial charge in [0.25, 0.3) is 5.91 Å². The van der Waals surface area contributed by atoms with Crippen molar-refractivity contribution in [3.8, 4) is 5.75 Å². The summed E-state index contributed by atoms with van der Waals surface area (Å²) in [6.07, 6.45) is 0.651. The van der Waals surface area contributed by atoms with Crippen LogP contribution in [0.4, 0.5) is 11.4 Å². The maximum atomic E-state index is 12.9. The Morgan fingerprint density at radius 3 is 2.44 bits per heavy atom. The van der Waals surface area contributed by atoms with Crippen LogP contribution >= 0.6 is 23.4 Å². The third-order valence-corrected chi connectivity index (χ3v) is 6.68. The Bertz CT molecular complexity index is 1100. The number of ether oxygens (including phenoxy) is 1. The lowest BCUT2D eigenvalue weighted by molar-refractivity contribution is -0.115. The van der Waals surface area contributed by atoms with Crippen molar-refractivity contribution in [1.29, 1.82) is 0 Å². The predicted molar refractivity (Wildman–Crippen MR) is 132 cm³/mol. The fourth-order valence-electron chi connectivity index (χ4n) is 3.04. The van der Waals surface area contributed by atoms with Gasteiger partial charge in [0, 0.05) is 26.9 Å². The molecular formula is C25H25ClN2O3S. The van der Waals surface area contributed by atoms with Gasteiger partial charge in [-0.2, -0.15) is 0 Å². The Labute approximate surface area is 197 Å². The SMILES string of the molecule is CCC(Sc1cccc(NC(=O)c2ccc(OC)cc2)c1)C(=O)Nc1cccc(Cl)c1C. The molecule has 2 amide bonds. The molecule has 7 heteroatoms. The number of rotatable bonds is 8. The molecule has 3 rings (SSSR count). The Balaban J connectivity index is 1.67. The van der Waals surface area contributed by atoms with E-state index in [2.05, 4.69) is 10.6 Å². The molecule has 0 aliphatic carbocycles. The van der Waals surface area contributed by atoms with Gasteiger partial charge in [0.1, 0.15) is 5.75 Å². The van der Waals surface area contributed by atoms with Crippen molar-refractivity contribution in [2.24, 2.45) is 0 Å². The lowest BCUT2D eigenvalue weighted by Crippen LogP contribution is -2.25. The topological polar surface area (TPSA) is 67.4 Å². The minimum Gasteiger partial charge on any atom is -0.497 e. The Morgan fingerprint density at radius 2 is 1.75 bits per heavy atom. The van der Waals surface area contributed by atoms with Gasteiger partial charge in [0.2, 0.25) is 5.91 Å². The normalized spacial score (nSPS) is 11.5. The van der Waals surface area contributed by atoms with Gasteiger partial charge in [-0.25, -0.2) is 0 Å². The average Bonchev–Trinajstić information content (AvgIpc) is 2.80. The quantitative estimate of drug-likeness (QED) is 0.374. The van der Waals surface area contributed by atoms with Crippen LogP contribution in [0.3, 0.4) is 0 Å². The summed E-state index contributed by atoms with van der Waals surface area (Å²) in [4.78, 5) is 26.3.